The van der Waals surface area contributed by atoms with Crippen LogP contribution in [0.4, 0.5) is 0 Å². The van der Waals surface area contributed by atoms with Gasteiger partial charge < -0.3 is 10.3 Å². The average molecular weight is 366 g/mol. The van der Waals surface area contributed by atoms with E-state index in [1.165, 1.54) is 17.8 Å². The molecule has 0 saturated heterocycles. The average Bonchev–Trinajstić information content (AvgIpc) is 2.53. The Bertz CT molecular complexity index is 763. The molecule has 7 heteroatoms. The first-order chi connectivity index (χ1) is 11.5. The van der Waals surface area contributed by atoms with Crippen LogP contribution in [0, 0.1) is 0 Å². The van der Waals surface area contributed by atoms with Gasteiger partial charge in [-0.2, -0.15) is 0 Å². The SMILES string of the molecule is CCCc1cc(=O)[nH]c(SCC(=O)N[C@@H](C)c2cccc(Cl)c2)n1. The minimum Gasteiger partial charge on any atom is -0.349 e. The predicted molar refractivity (Wildman–Crippen MR) is 97.6 cm³/mol. The van der Waals surface area contributed by atoms with Crippen molar-refractivity contribution in [2.75, 3.05) is 5.75 Å². The van der Waals surface area contributed by atoms with Crippen LogP contribution in [-0.2, 0) is 11.2 Å². The lowest BCUT2D eigenvalue weighted by molar-refractivity contribution is -0.119. The molecule has 0 unspecified atom stereocenters. The van der Waals surface area contributed by atoms with Gasteiger partial charge in [-0.05, 0) is 31.0 Å². The molecular weight excluding hydrogens is 346 g/mol. The van der Waals surface area contributed by atoms with Crippen molar-refractivity contribution in [1.82, 2.24) is 15.3 Å². The summed E-state index contributed by atoms with van der Waals surface area (Å²) in [6, 6.07) is 8.73. The lowest BCUT2D eigenvalue weighted by atomic mass is 10.1. The van der Waals surface area contributed by atoms with Crippen molar-refractivity contribution in [2.45, 2.75) is 37.9 Å². The second-order valence-corrected chi connectivity index (χ2v) is 6.83. The normalized spacial score (nSPS) is 12.0. The van der Waals surface area contributed by atoms with E-state index in [1.54, 1.807) is 6.07 Å². The molecule has 24 heavy (non-hydrogen) atoms. The van der Waals surface area contributed by atoms with Crippen LogP contribution in [0.5, 0.6) is 0 Å². The zero-order valence-electron chi connectivity index (χ0n) is 13.6. The van der Waals surface area contributed by atoms with Gasteiger partial charge in [0, 0.05) is 16.8 Å². The summed E-state index contributed by atoms with van der Waals surface area (Å²) < 4.78 is 0. The van der Waals surface area contributed by atoms with Crippen molar-refractivity contribution in [2.24, 2.45) is 0 Å². The van der Waals surface area contributed by atoms with Crippen LogP contribution in [0.1, 0.15) is 37.6 Å². The summed E-state index contributed by atoms with van der Waals surface area (Å²) in [5, 5.41) is 4.02. The van der Waals surface area contributed by atoms with Crippen LogP contribution in [0.15, 0.2) is 40.3 Å². The van der Waals surface area contributed by atoms with Crippen LogP contribution in [-0.4, -0.2) is 21.6 Å². The number of carbonyl (C=O) groups excluding carboxylic acids is 1. The van der Waals surface area contributed by atoms with Crippen molar-refractivity contribution >= 4 is 29.3 Å². The molecule has 5 nitrogen and oxygen atoms in total. The molecule has 0 spiro atoms. The first kappa shape index (κ1) is 18.5. The number of aromatic amines is 1. The summed E-state index contributed by atoms with van der Waals surface area (Å²) in [5.41, 5.74) is 1.50. The zero-order chi connectivity index (χ0) is 17.5. The number of amides is 1. The molecule has 1 heterocycles. The Kier molecular flexibility index (Phi) is 6.87. The highest BCUT2D eigenvalue weighted by molar-refractivity contribution is 7.99. The Morgan fingerprint density at radius 1 is 1.42 bits per heavy atom. The predicted octanol–water partition coefficient (Wildman–Crippen LogP) is 3.35. The van der Waals surface area contributed by atoms with Gasteiger partial charge in [0.2, 0.25) is 5.91 Å². The van der Waals surface area contributed by atoms with E-state index in [0.29, 0.717) is 10.2 Å². The lowest BCUT2D eigenvalue weighted by Crippen LogP contribution is -2.28. The molecule has 1 aromatic carbocycles. The molecule has 1 amide bonds. The molecule has 2 N–H and O–H groups in total. The molecule has 0 radical (unpaired) electrons. The van der Waals surface area contributed by atoms with Gasteiger partial charge in [-0.15, -0.1) is 0 Å². The Morgan fingerprint density at radius 3 is 2.92 bits per heavy atom. The molecule has 0 bridgehead atoms. The molecule has 1 aromatic heterocycles. The highest BCUT2D eigenvalue weighted by Gasteiger charge is 2.11. The number of H-pyrrole nitrogens is 1. The largest absolute Gasteiger partial charge is 0.349 e. The van der Waals surface area contributed by atoms with Gasteiger partial charge in [-0.25, -0.2) is 4.98 Å². The Hall–Kier alpha value is -1.79. The van der Waals surface area contributed by atoms with Gasteiger partial charge in [0.25, 0.3) is 5.56 Å². The zero-order valence-corrected chi connectivity index (χ0v) is 15.2. The number of aryl methyl sites for hydroxylation is 1. The smallest absolute Gasteiger partial charge is 0.251 e. The highest BCUT2D eigenvalue weighted by Crippen LogP contribution is 2.18. The van der Waals surface area contributed by atoms with Crippen molar-refractivity contribution in [1.29, 1.82) is 0 Å². The van der Waals surface area contributed by atoms with E-state index in [2.05, 4.69) is 15.3 Å². The number of halogens is 1. The summed E-state index contributed by atoms with van der Waals surface area (Å²) >= 11 is 7.18. The second-order valence-electron chi connectivity index (χ2n) is 5.42. The maximum absolute atomic E-state index is 12.1. The third-order valence-electron chi connectivity index (χ3n) is 3.35. The van der Waals surface area contributed by atoms with Crippen LogP contribution in [0.3, 0.4) is 0 Å². The van der Waals surface area contributed by atoms with E-state index in [1.807, 2.05) is 32.0 Å². The highest BCUT2D eigenvalue weighted by atomic mass is 35.5. The molecule has 0 aliphatic rings. The minimum atomic E-state index is -0.191. The Morgan fingerprint density at radius 2 is 2.21 bits per heavy atom. The third-order valence-corrected chi connectivity index (χ3v) is 4.45. The minimum absolute atomic E-state index is 0.129. The quantitative estimate of drug-likeness (QED) is 0.583. The summed E-state index contributed by atoms with van der Waals surface area (Å²) in [6.45, 7) is 3.93. The van der Waals surface area contributed by atoms with Crippen LogP contribution in [0.25, 0.3) is 0 Å². The molecule has 0 aliphatic carbocycles. The maximum Gasteiger partial charge on any atom is 0.251 e. The van der Waals surface area contributed by atoms with Gasteiger partial charge >= 0.3 is 0 Å². The molecule has 0 saturated carbocycles. The first-order valence-corrected chi connectivity index (χ1v) is 9.12. The number of nitrogens with zero attached hydrogens (tertiary/aromatic N) is 1. The van der Waals surface area contributed by atoms with Gasteiger partial charge in [0.05, 0.1) is 11.8 Å². The van der Waals surface area contributed by atoms with E-state index < -0.39 is 0 Å². The van der Waals surface area contributed by atoms with Crippen molar-refractivity contribution < 1.29 is 4.79 Å². The molecule has 0 fully saturated rings. The van der Waals surface area contributed by atoms with Gasteiger partial charge in [-0.3, -0.25) is 9.59 Å². The number of benzene rings is 1. The maximum atomic E-state index is 12.1. The fourth-order valence-electron chi connectivity index (χ4n) is 2.21. The van der Waals surface area contributed by atoms with E-state index in [9.17, 15) is 9.59 Å². The molecule has 1 atom stereocenters. The number of hydrogen-bond donors (Lipinski definition) is 2. The van der Waals surface area contributed by atoms with Crippen LogP contribution >= 0.6 is 23.4 Å². The van der Waals surface area contributed by atoms with Crippen LogP contribution < -0.4 is 10.9 Å². The fraction of sp³-hybridized carbons (Fsp3) is 0.353. The number of hydrogen-bond acceptors (Lipinski definition) is 4. The molecule has 2 aromatic rings. The van der Waals surface area contributed by atoms with Crippen molar-refractivity contribution in [3.63, 3.8) is 0 Å². The Labute approximate surface area is 150 Å². The summed E-state index contributed by atoms with van der Waals surface area (Å²) in [5.74, 6) is 0.0553. The van der Waals surface area contributed by atoms with E-state index >= 15 is 0 Å². The Balaban J connectivity index is 1.92. The number of aromatic nitrogens is 2. The van der Waals surface area contributed by atoms with Crippen molar-refractivity contribution in [3.05, 3.63) is 57.0 Å². The summed E-state index contributed by atoms with van der Waals surface area (Å²) in [6.07, 6.45) is 1.66. The van der Waals surface area contributed by atoms with Gasteiger partial charge in [0.1, 0.15) is 0 Å². The molecule has 0 aliphatic heterocycles. The number of carbonyl (C=O) groups is 1. The summed E-state index contributed by atoms with van der Waals surface area (Å²) in [4.78, 5) is 30.7. The van der Waals surface area contributed by atoms with E-state index in [0.717, 1.165) is 24.1 Å². The number of thioether (sulfide) groups is 1. The molecule has 2 rings (SSSR count). The van der Waals surface area contributed by atoms with E-state index in [-0.39, 0.29) is 23.3 Å². The first-order valence-electron chi connectivity index (χ1n) is 7.75. The second kappa shape index (κ2) is 8.89. The van der Waals surface area contributed by atoms with E-state index in [4.69, 9.17) is 11.6 Å². The lowest BCUT2D eigenvalue weighted by Gasteiger charge is -2.14. The third kappa shape index (κ3) is 5.69. The topological polar surface area (TPSA) is 74.8 Å². The summed E-state index contributed by atoms with van der Waals surface area (Å²) in [7, 11) is 0. The molecule has 128 valence electrons. The standard InChI is InChI=1S/C17H20ClN3O2S/c1-3-5-14-9-15(22)21-17(20-14)24-10-16(23)19-11(2)12-6-4-7-13(18)8-12/h4,6-9,11H,3,5,10H2,1-2H3,(H,19,23)(H,20,21,22)/t11-/m0/s1. The number of nitrogens with one attached hydrogen (secondary N) is 2. The van der Waals surface area contributed by atoms with Gasteiger partial charge in [-0.1, -0.05) is 48.8 Å². The molecular formula is C17H20ClN3O2S. The van der Waals surface area contributed by atoms with Gasteiger partial charge in [0.15, 0.2) is 5.16 Å². The van der Waals surface area contributed by atoms with Crippen LogP contribution in [0.2, 0.25) is 5.02 Å². The monoisotopic (exact) mass is 365 g/mol. The van der Waals surface area contributed by atoms with Crippen molar-refractivity contribution in [3.8, 4) is 0 Å². The number of rotatable bonds is 7. The fourth-order valence-corrected chi connectivity index (χ4v) is 3.12.